The van der Waals surface area contributed by atoms with Gasteiger partial charge in [-0.05, 0) is 22.6 Å². The zero-order chi connectivity index (χ0) is 18.2. The van der Waals surface area contributed by atoms with E-state index in [4.69, 9.17) is 0 Å². The molecular weight excluding hydrogens is 332 g/mol. The average molecular weight is 348 g/mol. The molecule has 0 aliphatic heterocycles. The molecule has 1 heterocycles. The van der Waals surface area contributed by atoms with Crippen molar-refractivity contribution in [1.29, 1.82) is 0 Å². The predicted octanol–water partition coefficient (Wildman–Crippen LogP) is 5.41. The summed E-state index contributed by atoms with van der Waals surface area (Å²) in [4.78, 5) is 19.6. The van der Waals surface area contributed by atoms with E-state index in [1.165, 1.54) is 0 Å². The van der Waals surface area contributed by atoms with Gasteiger partial charge in [0, 0.05) is 16.3 Å². The number of hydrogen-bond donors (Lipinski definition) is 1. The van der Waals surface area contributed by atoms with Crippen molar-refractivity contribution in [3.05, 3.63) is 101 Å². The fourth-order valence-electron chi connectivity index (χ4n) is 3.67. The summed E-state index contributed by atoms with van der Waals surface area (Å²) in [6.07, 6.45) is 0. The molecule has 5 rings (SSSR count). The molecule has 0 aliphatic rings. The Balaban J connectivity index is 1.97. The standard InChI is InChI=1S/C24H16N2O/c27-24-25-22(17-11-5-2-6-12-17)21-15-20(16-9-3-1-4-10-16)18-13-7-8-14-19(18)23(21)26-24/h1-15H,(H,25,26,27). The van der Waals surface area contributed by atoms with Crippen LogP contribution in [0.25, 0.3) is 44.1 Å². The molecule has 3 nitrogen and oxygen atoms in total. The predicted molar refractivity (Wildman–Crippen MR) is 111 cm³/mol. The largest absolute Gasteiger partial charge is 0.345 e. The maximum absolute atomic E-state index is 12.3. The minimum atomic E-state index is -0.334. The van der Waals surface area contributed by atoms with E-state index in [1.54, 1.807) is 0 Å². The molecule has 0 bridgehead atoms. The maximum atomic E-state index is 12.3. The zero-order valence-electron chi connectivity index (χ0n) is 14.5. The normalized spacial score (nSPS) is 11.1. The van der Waals surface area contributed by atoms with Crippen LogP contribution in [0.2, 0.25) is 0 Å². The molecule has 0 saturated heterocycles. The van der Waals surface area contributed by atoms with Gasteiger partial charge in [0.15, 0.2) is 0 Å². The fourth-order valence-corrected chi connectivity index (χ4v) is 3.67. The van der Waals surface area contributed by atoms with E-state index in [-0.39, 0.29) is 5.69 Å². The number of benzene rings is 4. The van der Waals surface area contributed by atoms with E-state index in [1.807, 2.05) is 60.7 Å². The van der Waals surface area contributed by atoms with Crippen LogP contribution in [0.1, 0.15) is 0 Å². The Kier molecular flexibility index (Phi) is 3.58. The van der Waals surface area contributed by atoms with E-state index in [0.29, 0.717) is 5.69 Å². The lowest BCUT2D eigenvalue weighted by atomic mass is 9.94. The first-order valence-corrected chi connectivity index (χ1v) is 8.88. The van der Waals surface area contributed by atoms with Crippen molar-refractivity contribution in [1.82, 2.24) is 9.97 Å². The topological polar surface area (TPSA) is 45.8 Å². The van der Waals surface area contributed by atoms with Crippen molar-refractivity contribution in [3.63, 3.8) is 0 Å². The second-order valence-corrected chi connectivity index (χ2v) is 6.51. The first-order valence-electron chi connectivity index (χ1n) is 8.88. The fraction of sp³-hybridized carbons (Fsp3) is 0. The number of aromatic nitrogens is 2. The summed E-state index contributed by atoms with van der Waals surface area (Å²) in [6.45, 7) is 0. The molecule has 0 unspecified atom stereocenters. The number of rotatable bonds is 2. The second kappa shape index (κ2) is 6.22. The highest BCUT2D eigenvalue weighted by atomic mass is 16.1. The van der Waals surface area contributed by atoms with Gasteiger partial charge in [0.2, 0.25) is 0 Å². The Morgan fingerprint density at radius 1 is 0.630 bits per heavy atom. The molecule has 0 spiro atoms. The summed E-state index contributed by atoms with van der Waals surface area (Å²) in [5, 5.41) is 3.07. The Morgan fingerprint density at radius 3 is 1.93 bits per heavy atom. The lowest BCUT2D eigenvalue weighted by Gasteiger charge is -2.13. The molecule has 0 fully saturated rings. The van der Waals surface area contributed by atoms with Crippen LogP contribution in [-0.4, -0.2) is 9.97 Å². The average Bonchev–Trinajstić information content (AvgIpc) is 2.74. The van der Waals surface area contributed by atoms with Gasteiger partial charge in [-0.2, -0.15) is 4.98 Å². The summed E-state index contributed by atoms with van der Waals surface area (Å²) in [6, 6.07) is 30.5. The Bertz CT molecular complexity index is 1320. The van der Waals surface area contributed by atoms with Crippen molar-refractivity contribution in [3.8, 4) is 22.4 Å². The van der Waals surface area contributed by atoms with Crippen LogP contribution in [0.15, 0.2) is 95.8 Å². The van der Waals surface area contributed by atoms with Crippen molar-refractivity contribution in [2.24, 2.45) is 0 Å². The van der Waals surface area contributed by atoms with Gasteiger partial charge in [-0.15, -0.1) is 0 Å². The molecule has 27 heavy (non-hydrogen) atoms. The Hall–Kier alpha value is -3.72. The van der Waals surface area contributed by atoms with E-state index in [2.05, 4.69) is 40.3 Å². The summed E-state index contributed by atoms with van der Waals surface area (Å²) in [5.74, 6) is 0. The minimum absolute atomic E-state index is 0.334. The van der Waals surface area contributed by atoms with Gasteiger partial charge in [0.25, 0.3) is 0 Å². The van der Waals surface area contributed by atoms with E-state index in [0.717, 1.165) is 38.4 Å². The number of nitrogens with one attached hydrogen (secondary N) is 1. The molecule has 128 valence electrons. The number of H-pyrrole nitrogens is 1. The van der Waals surface area contributed by atoms with Gasteiger partial charge in [-0.1, -0.05) is 84.9 Å². The molecule has 0 saturated carbocycles. The van der Waals surface area contributed by atoms with Gasteiger partial charge in [0.05, 0.1) is 11.2 Å². The molecule has 0 aliphatic carbocycles. The number of hydrogen-bond acceptors (Lipinski definition) is 2. The van der Waals surface area contributed by atoms with Gasteiger partial charge >= 0.3 is 5.69 Å². The molecule has 0 radical (unpaired) electrons. The molecule has 0 atom stereocenters. The number of aromatic amines is 1. The maximum Gasteiger partial charge on any atom is 0.345 e. The first-order chi connectivity index (χ1) is 13.3. The van der Waals surface area contributed by atoms with Crippen molar-refractivity contribution in [2.75, 3.05) is 0 Å². The van der Waals surface area contributed by atoms with Crippen molar-refractivity contribution in [2.45, 2.75) is 0 Å². The molecular formula is C24H16N2O. The molecule has 0 amide bonds. The molecule has 5 aromatic rings. The first kappa shape index (κ1) is 15.5. The van der Waals surface area contributed by atoms with Crippen LogP contribution in [0.4, 0.5) is 0 Å². The van der Waals surface area contributed by atoms with Gasteiger partial charge < -0.3 is 4.98 Å². The Morgan fingerprint density at radius 2 is 1.22 bits per heavy atom. The SMILES string of the molecule is O=c1nc(-c2ccccc2)c2cc(-c3ccccc3)c3ccccc3c2[nH]1. The van der Waals surface area contributed by atoms with E-state index in [9.17, 15) is 4.79 Å². The van der Waals surface area contributed by atoms with Crippen LogP contribution in [0.3, 0.4) is 0 Å². The number of fused-ring (bicyclic) bond motifs is 3. The van der Waals surface area contributed by atoms with Crippen molar-refractivity contribution < 1.29 is 0 Å². The third kappa shape index (κ3) is 2.61. The van der Waals surface area contributed by atoms with Crippen LogP contribution < -0.4 is 5.69 Å². The monoisotopic (exact) mass is 348 g/mol. The van der Waals surface area contributed by atoms with Crippen LogP contribution in [-0.2, 0) is 0 Å². The van der Waals surface area contributed by atoms with Crippen molar-refractivity contribution >= 4 is 21.7 Å². The highest BCUT2D eigenvalue weighted by molar-refractivity contribution is 6.14. The molecule has 1 N–H and O–H groups in total. The van der Waals surface area contributed by atoms with Crippen LogP contribution in [0.5, 0.6) is 0 Å². The Labute approximate surface area is 156 Å². The third-order valence-corrected chi connectivity index (χ3v) is 4.88. The molecule has 3 heteroatoms. The summed E-state index contributed by atoms with van der Waals surface area (Å²) in [5.41, 5.74) is 4.40. The van der Waals surface area contributed by atoms with E-state index < -0.39 is 0 Å². The zero-order valence-corrected chi connectivity index (χ0v) is 14.5. The van der Waals surface area contributed by atoms with Gasteiger partial charge in [-0.25, -0.2) is 4.79 Å². The van der Waals surface area contributed by atoms with Crippen LogP contribution >= 0.6 is 0 Å². The summed E-state index contributed by atoms with van der Waals surface area (Å²) >= 11 is 0. The second-order valence-electron chi connectivity index (χ2n) is 6.51. The summed E-state index contributed by atoms with van der Waals surface area (Å²) < 4.78 is 0. The van der Waals surface area contributed by atoms with E-state index >= 15 is 0 Å². The molecule has 1 aromatic heterocycles. The lowest BCUT2D eigenvalue weighted by Crippen LogP contribution is -2.11. The third-order valence-electron chi connectivity index (χ3n) is 4.88. The smallest absolute Gasteiger partial charge is 0.305 e. The molecule has 4 aromatic carbocycles. The minimum Gasteiger partial charge on any atom is -0.305 e. The van der Waals surface area contributed by atoms with Crippen LogP contribution in [0, 0.1) is 0 Å². The number of nitrogens with zero attached hydrogens (tertiary/aromatic N) is 1. The lowest BCUT2D eigenvalue weighted by molar-refractivity contribution is 1.13. The van der Waals surface area contributed by atoms with Gasteiger partial charge in [0.1, 0.15) is 0 Å². The van der Waals surface area contributed by atoms with Gasteiger partial charge in [-0.3, -0.25) is 0 Å². The summed E-state index contributed by atoms with van der Waals surface area (Å²) in [7, 11) is 0. The highest BCUT2D eigenvalue weighted by Crippen LogP contribution is 2.36. The quantitative estimate of drug-likeness (QED) is 0.434. The highest BCUT2D eigenvalue weighted by Gasteiger charge is 2.14.